The van der Waals surface area contributed by atoms with Gasteiger partial charge in [0.1, 0.15) is 5.60 Å². The number of carbonyl (C=O) groups excluding carboxylic acids is 2. The van der Waals surface area contributed by atoms with Crippen LogP contribution in [0.1, 0.15) is 60.3 Å². The minimum absolute atomic E-state index is 0.0274. The van der Waals surface area contributed by atoms with Crippen molar-refractivity contribution in [3.63, 3.8) is 0 Å². The smallest absolute Gasteiger partial charge is 0.407 e. The maximum Gasteiger partial charge on any atom is 0.407 e. The summed E-state index contributed by atoms with van der Waals surface area (Å²) in [6, 6.07) is 0.172. The van der Waals surface area contributed by atoms with Crippen LogP contribution in [-0.4, -0.2) is 29.7 Å². The quantitative estimate of drug-likeness (QED) is 0.787. The lowest BCUT2D eigenvalue weighted by molar-refractivity contribution is -0.118. The Kier molecular flexibility index (Phi) is 6.24. The van der Waals surface area contributed by atoms with Gasteiger partial charge in [0.15, 0.2) is 0 Å². The van der Waals surface area contributed by atoms with Crippen molar-refractivity contribution in [3.8, 4) is 0 Å². The molecular weight excluding hydrogens is 268 g/mol. The first-order chi connectivity index (χ1) is 9.71. The van der Waals surface area contributed by atoms with E-state index in [1.165, 1.54) is 0 Å². The molecule has 0 radical (unpaired) electrons. The maximum atomic E-state index is 11.9. The van der Waals surface area contributed by atoms with E-state index in [4.69, 9.17) is 4.74 Å². The number of nitrogens with one attached hydrogen (secondary N) is 2. The Hall–Kier alpha value is -1.52. The Labute approximate surface area is 127 Å². The second-order valence-corrected chi connectivity index (χ2v) is 6.65. The lowest BCUT2D eigenvalue weighted by atomic mass is 9.91. The van der Waals surface area contributed by atoms with E-state index in [0.717, 1.165) is 31.3 Å². The van der Waals surface area contributed by atoms with Gasteiger partial charge in [0, 0.05) is 17.7 Å². The Bertz CT molecular complexity index is 410. The second-order valence-electron chi connectivity index (χ2n) is 6.65. The Morgan fingerprint density at radius 3 is 2.24 bits per heavy atom. The monoisotopic (exact) mass is 296 g/mol. The van der Waals surface area contributed by atoms with Crippen LogP contribution in [0.5, 0.6) is 0 Å². The van der Waals surface area contributed by atoms with Gasteiger partial charge >= 0.3 is 6.09 Å². The van der Waals surface area contributed by atoms with Gasteiger partial charge in [-0.3, -0.25) is 4.79 Å². The molecule has 21 heavy (non-hydrogen) atoms. The van der Waals surface area contributed by atoms with Gasteiger partial charge in [0.2, 0.25) is 5.91 Å². The van der Waals surface area contributed by atoms with Gasteiger partial charge in [0.25, 0.3) is 0 Å². The predicted octanol–water partition coefficient (Wildman–Crippen LogP) is 2.90. The summed E-state index contributed by atoms with van der Waals surface area (Å²) in [6.45, 7) is 9.18. The molecule has 1 aliphatic rings. The third-order valence-electron chi connectivity index (χ3n) is 3.52. The van der Waals surface area contributed by atoms with E-state index in [2.05, 4.69) is 10.6 Å². The van der Waals surface area contributed by atoms with E-state index in [1.54, 1.807) is 13.0 Å². The predicted molar refractivity (Wildman–Crippen MR) is 83.0 cm³/mol. The first-order valence-corrected chi connectivity index (χ1v) is 7.64. The topological polar surface area (TPSA) is 67.4 Å². The third-order valence-corrected chi connectivity index (χ3v) is 3.52. The molecule has 2 unspecified atom stereocenters. The summed E-state index contributed by atoms with van der Waals surface area (Å²) in [5.41, 5.74) is 0.229. The number of alkyl carbamates (subject to hydrolysis) is 1. The van der Waals surface area contributed by atoms with Crippen molar-refractivity contribution >= 4 is 12.0 Å². The van der Waals surface area contributed by atoms with Gasteiger partial charge in [-0.15, -0.1) is 0 Å². The molecular formula is C16H28N2O3. The molecule has 2 atom stereocenters. The van der Waals surface area contributed by atoms with Crippen molar-refractivity contribution in [3.05, 3.63) is 11.6 Å². The molecule has 1 fully saturated rings. The van der Waals surface area contributed by atoms with E-state index in [-0.39, 0.29) is 24.1 Å². The fourth-order valence-electron chi connectivity index (χ4n) is 2.36. The van der Waals surface area contributed by atoms with Gasteiger partial charge in [-0.25, -0.2) is 4.79 Å². The summed E-state index contributed by atoms with van der Waals surface area (Å²) < 4.78 is 5.27. The summed E-state index contributed by atoms with van der Waals surface area (Å²) in [5, 5.41) is 5.92. The fraction of sp³-hybridized carbons (Fsp3) is 0.750. The zero-order valence-electron chi connectivity index (χ0n) is 13.8. The molecule has 0 bridgehead atoms. The van der Waals surface area contributed by atoms with Crippen LogP contribution >= 0.6 is 0 Å². The molecule has 2 amide bonds. The average Bonchev–Trinajstić information content (AvgIpc) is 2.35. The zero-order chi connectivity index (χ0) is 16.0. The SMILES string of the molecule is C/C=C(/C)C(=O)NC1CCCC(NC(=O)OC(C)(C)C)C1. The minimum Gasteiger partial charge on any atom is -0.444 e. The molecule has 1 saturated carbocycles. The van der Waals surface area contributed by atoms with Crippen LogP contribution in [0.2, 0.25) is 0 Å². The van der Waals surface area contributed by atoms with Gasteiger partial charge in [-0.1, -0.05) is 6.08 Å². The Balaban J connectivity index is 2.45. The standard InChI is InChI=1S/C16H28N2O3/c1-6-11(2)14(19)17-12-8-7-9-13(10-12)18-15(20)21-16(3,4)5/h6,12-13H,7-10H2,1-5H3,(H,17,19)(H,18,20)/b11-6-. The highest BCUT2D eigenvalue weighted by Crippen LogP contribution is 2.19. The maximum absolute atomic E-state index is 11.9. The number of ether oxygens (including phenoxy) is 1. The molecule has 1 aliphatic carbocycles. The molecule has 0 aromatic carbocycles. The van der Waals surface area contributed by atoms with Gasteiger partial charge in [-0.05, 0) is 60.3 Å². The summed E-state index contributed by atoms with van der Waals surface area (Å²) in [5.74, 6) is -0.0274. The van der Waals surface area contributed by atoms with Crippen LogP contribution in [0.3, 0.4) is 0 Å². The van der Waals surface area contributed by atoms with Crippen molar-refractivity contribution in [2.24, 2.45) is 0 Å². The average molecular weight is 296 g/mol. The zero-order valence-corrected chi connectivity index (χ0v) is 13.8. The van der Waals surface area contributed by atoms with Crippen molar-refractivity contribution in [1.29, 1.82) is 0 Å². The molecule has 120 valence electrons. The summed E-state index contributed by atoms with van der Waals surface area (Å²) in [7, 11) is 0. The molecule has 2 N–H and O–H groups in total. The van der Waals surface area contributed by atoms with Crippen molar-refractivity contribution in [2.75, 3.05) is 0 Å². The molecule has 0 aromatic rings. The molecule has 0 aromatic heterocycles. The molecule has 0 saturated heterocycles. The van der Waals surface area contributed by atoms with E-state index >= 15 is 0 Å². The minimum atomic E-state index is -0.491. The van der Waals surface area contributed by atoms with Crippen molar-refractivity contribution < 1.29 is 14.3 Å². The number of allylic oxidation sites excluding steroid dienone is 1. The highest BCUT2D eigenvalue weighted by Gasteiger charge is 2.26. The molecule has 0 spiro atoms. The van der Waals surface area contributed by atoms with Crippen molar-refractivity contribution in [2.45, 2.75) is 78.0 Å². The lowest BCUT2D eigenvalue weighted by Crippen LogP contribution is -2.47. The summed E-state index contributed by atoms with van der Waals surface area (Å²) in [6.07, 6.45) is 5.03. The third kappa shape index (κ3) is 6.65. The van der Waals surface area contributed by atoms with Gasteiger partial charge in [-0.2, -0.15) is 0 Å². The highest BCUT2D eigenvalue weighted by atomic mass is 16.6. The largest absolute Gasteiger partial charge is 0.444 e. The Morgan fingerprint density at radius 1 is 1.14 bits per heavy atom. The molecule has 1 rings (SSSR count). The summed E-state index contributed by atoms with van der Waals surface area (Å²) in [4.78, 5) is 23.6. The molecule has 5 nitrogen and oxygen atoms in total. The number of hydrogen-bond acceptors (Lipinski definition) is 3. The first kappa shape index (κ1) is 17.5. The fourth-order valence-corrected chi connectivity index (χ4v) is 2.36. The molecule has 5 heteroatoms. The van der Waals surface area contributed by atoms with Crippen molar-refractivity contribution in [1.82, 2.24) is 10.6 Å². The van der Waals surface area contributed by atoms with E-state index in [9.17, 15) is 9.59 Å². The number of hydrogen-bond donors (Lipinski definition) is 2. The van der Waals surface area contributed by atoms with E-state index in [1.807, 2.05) is 27.7 Å². The van der Waals surface area contributed by atoms with E-state index in [0.29, 0.717) is 0 Å². The number of carbonyl (C=O) groups is 2. The van der Waals surface area contributed by atoms with Crippen LogP contribution in [0.25, 0.3) is 0 Å². The summed E-state index contributed by atoms with van der Waals surface area (Å²) >= 11 is 0. The number of rotatable bonds is 3. The van der Waals surface area contributed by atoms with E-state index < -0.39 is 5.60 Å². The van der Waals surface area contributed by atoms with Gasteiger partial charge < -0.3 is 15.4 Å². The molecule has 0 aliphatic heterocycles. The highest BCUT2D eigenvalue weighted by molar-refractivity contribution is 5.92. The Morgan fingerprint density at radius 2 is 1.71 bits per heavy atom. The van der Waals surface area contributed by atoms with Crippen LogP contribution in [0.4, 0.5) is 4.79 Å². The number of amides is 2. The normalized spacial score (nSPS) is 23.4. The molecule has 0 heterocycles. The lowest BCUT2D eigenvalue weighted by Gasteiger charge is -2.31. The van der Waals surface area contributed by atoms with Crippen LogP contribution in [0.15, 0.2) is 11.6 Å². The van der Waals surface area contributed by atoms with Crippen LogP contribution in [0, 0.1) is 0 Å². The first-order valence-electron chi connectivity index (χ1n) is 7.64. The van der Waals surface area contributed by atoms with Crippen LogP contribution < -0.4 is 10.6 Å². The second kappa shape index (κ2) is 7.48. The van der Waals surface area contributed by atoms with Gasteiger partial charge in [0.05, 0.1) is 0 Å². The van der Waals surface area contributed by atoms with Crippen LogP contribution in [-0.2, 0) is 9.53 Å².